The fraction of sp³-hybridized carbons (Fsp3) is 0.217. The summed E-state index contributed by atoms with van der Waals surface area (Å²) in [5, 5.41) is 6.20. The van der Waals surface area contributed by atoms with Crippen molar-refractivity contribution in [2.75, 3.05) is 17.7 Å². The Hall–Kier alpha value is -3.52. The molecule has 158 valence electrons. The van der Waals surface area contributed by atoms with E-state index in [1.165, 1.54) is 18.4 Å². The number of anilines is 2. The van der Waals surface area contributed by atoms with E-state index in [0.717, 1.165) is 16.9 Å². The Morgan fingerprint density at radius 3 is 2.35 bits per heavy atom. The molecule has 1 aromatic heterocycles. The van der Waals surface area contributed by atoms with E-state index in [2.05, 4.69) is 20.4 Å². The molecule has 0 bridgehead atoms. The van der Waals surface area contributed by atoms with Crippen LogP contribution in [0.5, 0.6) is 0 Å². The van der Waals surface area contributed by atoms with Crippen molar-refractivity contribution in [3.63, 3.8) is 0 Å². The quantitative estimate of drug-likeness (QED) is 0.587. The molecule has 2 aromatic carbocycles. The summed E-state index contributed by atoms with van der Waals surface area (Å²) >= 11 is 1.41. The van der Waals surface area contributed by atoms with Gasteiger partial charge in [-0.3, -0.25) is 14.9 Å². The van der Waals surface area contributed by atoms with Gasteiger partial charge in [-0.1, -0.05) is 17.7 Å². The first kappa shape index (κ1) is 20.7. The number of benzene rings is 2. The second-order valence-corrected chi connectivity index (χ2v) is 8.38. The van der Waals surface area contributed by atoms with Crippen LogP contribution in [0.1, 0.15) is 49.2 Å². The summed E-state index contributed by atoms with van der Waals surface area (Å²) in [4.78, 5) is 42.3. The number of esters is 1. The standard InChI is InChI=1S/C23H21N3O4S/c1-13-3-5-14(6-4-13)20(27)26-23-25-19-17(11-12-18(19)31-23)21(28)24-16-9-7-15(8-10-16)22(29)30-2/h3-10,17H,11-12H2,1-2H3,(H,24,28)(H,25,26,27)/t17-/m0/s1. The third kappa shape index (κ3) is 4.49. The topological polar surface area (TPSA) is 97.4 Å². The summed E-state index contributed by atoms with van der Waals surface area (Å²) in [6.45, 7) is 1.96. The molecule has 2 amide bonds. The number of rotatable bonds is 5. The minimum Gasteiger partial charge on any atom is -0.465 e. The Morgan fingerprint density at radius 2 is 1.68 bits per heavy atom. The van der Waals surface area contributed by atoms with Crippen molar-refractivity contribution in [3.8, 4) is 0 Å². The number of amides is 2. The Bertz CT molecular complexity index is 1140. The molecular weight excluding hydrogens is 414 g/mol. The molecule has 0 fully saturated rings. The van der Waals surface area contributed by atoms with Crippen molar-refractivity contribution >= 4 is 39.9 Å². The molecule has 0 radical (unpaired) electrons. The molecule has 1 atom stereocenters. The molecule has 0 saturated carbocycles. The second-order valence-electron chi connectivity index (χ2n) is 7.30. The number of hydrogen-bond acceptors (Lipinski definition) is 6. The predicted octanol–water partition coefficient (Wildman–Crippen LogP) is 4.16. The molecule has 0 unspecified atom stereocenters. The van der Waals surface area contributed by atoms with E-state index in [1.807, 2.05) is 19.1 Å². The Balaban J connectivity index is 1.43. The molecule has 1 aliphatic rings. The number of carbonyl (C=O) groups is 3. The summed E-state index contributed by atoms with van der Waals surface area (Å²) in [5.74, 6) is -1.19. The first-order valence-corrected chi connectivity index (χ1v) is 10.6. The van der Waals surface area contributed by atoms with Crippen LogP contribution in [0.25, 0.3) is 0 Å². The van der Waals surface area contributed by atoms with E-state index in [9.17, 15) is 14.4 Å². The van der Waals surface area contributed by atoms with Gasteiger partial charge in [-0.2, -0.15) is 0 Å². The van der Waals surface area contributed by atoms with E-state index >= 15 is 0 Å². The lowest BCUT2D eigenvalue weighted by atomic mass is 10.1. The average molecular weight is 436 g/mol. The number of ether oxygens (including phenoxy) is 1. The van der Waals surface area contributed by atoms with Crippen LogP contribution in [0.2, 0.25) is 0 Å². The average Bonchev–Trinajstić information content (AvgIpc) is 3.34. The van der Waals surface area contributed by atoms with Gasteiger partial charge in [0.2, 0.25) is 5.91 Å². The fourth-order valence-electron chi connectivity index (χ4n) is 3.45. The van der Waals surface area contributed by atoms with Gasteiger partial charge in [-0.15, -0.1) is 11.3 Å². The number of aryl methyl sites for hydroxylation is 2. The molecular formula is C23H21N3O4S. The molecule has 0 spiro atoms. The van der Waals surface area contributed by atoms with E-state index in [0.29, 0.717) is 34.1 Å². The lowest BCUT2D eigenvalue weighted by molar-refractivity contribution is -0.117. The van der Waals surface area contributed by atoms with Crippen LogP contribution in [0.3, 0.4) is 0 Å². The van der Waals surface area contributed by atoms with Crippen LogP contribution >= 0.6 is 11.3 Å². The number of hydrogen-bond donors (Lipinski definition) is 2. The van der Waals surface area contributed by atoms with E-state index in [-0.39, 0.29) is 17.7 Å². The Kier molecular flexibility index (Phi) is 5.81. The van der Waals surface area contributed by atoms with Gasteiger partial charge in [0.15, 0.2) is 5.13 Å². The van der Waals surface area contributed by atoms with Crippen molar-refractivity contribution in [1.29, 1.82) is 0 Å². The zero-order valence-electron chi connectivity index (χ0n) is 17.1. The number of fused-ring (bicyclic) bond motifs is 1. The number of methoxy groups -OCH3 is 1. The highest BCUT2D eigenvalue weighted by Gasteiger charge is 2.33. The molecule has 3 aromatic rings. The van der Waals surface area contributed by atoms with Gasteiger partial charge in [-0.05, 0) is 56.2 Å². The van der Waals surface area contributed by atoms with Crippen molar-refractivity contribution in [2.45, 2.75) is 25.7 Å². The summed E-state index contributed by atoms with van der Waals surface area (Å²) in [7, 11) is 1.32. The lowest BCUT2D eigenvalue weighted by Crippen LogP contribution is -2.20. The highest BCUT2D eigenvalue weighted by molar-refractivity contribution is 7.16. The minimum atomic E-state index is -0.430. The number of thiazole rings is 1. The van der Waals surface area contributed by atoms with Gasteiger partial charge in [0.25, 0.3) is 5.91 Å². The van der Waals surface area contributed by atoms with Gasteiger partial charge >= 0.3 is 5.97 Å². The Labute approximate surface area is 183 Å². The molecule has 2 N–H and O–H groups in total. The third-order valence-electron chi connectivity index (χ3n) is 5.14. The predicted molar refractivity (Wildman–Crippen MR) is 119 cm³/mol. The molecule has 0 saturated heterocycles. The third-order valence-corrected chi connectivity index (χ3v) is 6.19. The molecule has 1 aliphatic carbocycles. The molecule has 31 heavy (non-hydrogen) atoms. The largest absolute Gasteiger partial charge is 0.465 e. The van der Waals surface area contributed by atoms with Gasteiger partial charge in [-0.25, -0.2) is 9.78 Å². The summed E-state index contributed by atoms with van der Waals surface area (Å²) < 4.78 is 4.68. The maximum Gasteiger partial charge on any atom is 0.337 e. The van der Waals surface area contributed by atoms with Crippen LogP contribution in [0.4, 0.5) is 10.8 Å². The van der Waals surface area contributed by atoms with Gasteiger partial charge in [0.05, 0.1) is 24.3 Å². The van der Waals surface area contributed by atoms with E-state index in [4.69, 9.17) is 0 Å². The Morgan fingerprint density at radius 1 is 1.00 bits per heavy atom. The number of nitrogens with one attached hydrogen (secondary N) is 2. The highest BCUT2D eigenvalue weighted by atomic mass is 32.1. The van der Waals surface area contributed by atoms with Crippen LogP contribution in [0.15, 0.2) is 48.5 Å². The maximum atomic E-state index is 12.8. The van der Waals surface area contributed by atoms with E-state index in [1.54, 1.807) is 36.4 Å². The molecule has 4 rings (SSSR count). The van der Waals surface area contributed by atoms with Crippen molar-refractivity contribution in [3.05, 3.63) is 75.8 Å². The monoisotopic (exact) mass is 435 g/mol. The normalized spacial score (nSPS) is 14.6. The first-order valence-electron chi connectivity index (χ1n) is 9.81. The fourth-order valence-corrected chi connectivity index (χ4v) is 4.48. The first-order chi connectivity index (χ1) is 14.9. The minimum absolute atomic E-state index is 0.161. The number of nitrogens with zero attached hydrogens (tertiary/aromatic N) is 1. The van der Waals surface area contributed by atoms with Crippen molar-refractivity contribution < 1.29 is 19.1 Å². The molecule has 0 aliphatic heterocycles. The molecule has 7 nitrogen and oxygen atoms in total. The summed E-state index contributed by atoms with van der Waals surface area (Å²) in [6.07, 6.45) is 1.42. The van der Waals surface area contributed by atoms with Gasteiger partial charge in [0, 0.05) is 16.1 Å². The number of carbonyl (C=O) groups excluding carboxylic acids is 3. The zero-order chi connectivity index (χ0) is 22.0. The smallest absolute Gasteiger partial charge is 0.337 e. The molecule has 1 heterocycles. The summed E-state index contributed by atoms with van der Waals surface area (Å²) in [5.41, 5.74) is 3.36. The van der Waals surface area contributed by atoms with Crippen LogP contribution in [-0.2, 0) is 16.0 Å². The maximum absolute atomic E-state index is 12.8. The summed E-state index contributed by atoms with van der Waals surface area (Å²) in [6, 6.07) is 13.8. The second kappa shape index (κ2) is 8.69. The van der Waals surface area contributed by atoms with Crippen LogP contribution in [-0.4, -0.2) is 29.9 Å². The number of aromatic nitrogens is 1. The van der Waals surface area contributed by atoms with Crippen molar-refractivity contribution in [2.24, 2.45) is 0 Å². The lowest BCUT2D eigenvalue weighted by Gasteiger charge is -2.11. The zero-order valence-corrected chi connectivity index (χ0v) is 17.9. The van der Waals surface area contributed by atoms with E-state index < -0.39 is 5.97 Å². The highest BCUT2D eigenvalue weighted by Crippen LogP contribution is 2.39. The van der Waals surface area contributed by atoms with Gasteiger partial charge in [0.1, 0.15) is 0 Å². The van der Waals surface area contributed by atoms with Crippen molar-refractivity contribution in [1.82, 2.24) is 4.98 Å². The SMILES string of the molecule is COC(=O)c1ccc(NC(=O)[C@H]2CCc3sc(NC(=O)c4ccc(C)cc4)nc32)cc1. The molecule has 8 heteroatoms. The van der Waals surface area contributed by atoms with Gasteiger partial charge < -0.3 is 10.1 Å². The van der Waals surface area contributed by atoms with Crippen LogP contribution < -0.4 is 10.6 Å². The van der Waals surface area contributed by atoms with Crippen LogP contribution in [0, 0.1) is 6.92 Å².